The molecule has 0 aliphatic rings. The Labute approximate surface area is 112 Å². The van der Waals surface area contributed by atoms with Gasteiger partial charge in [0.1, 0.15) is 6.10 Å². The maximum Gasteiger partial charge on any atom is 0.193 e. The van der Waals surface area contributed by atoms with E-state index in [0.29, 0.717) is 6.42 Å². The zero-order valence-electron chi connectivity index (χ0n) is 11.6. The van der Waals surface area contributed by atoms with Gasteiger partial charge in [-0.3, -0.25) is 0 Å². The molecule has 0 radical (unpaired) electrons. The molecule has 1 aromatic rings. The Morgan fingerprint density at radius 2 is 1.67 bits per heavy atom. The molecule has 98 valence electrons. The van der Waals surface area contributed by atoms with Crippen molar-refractivity contribution in [2.75, 3.05) is 0 Å². The van der Waals surface area contributed by atoms with Crippen LogP contribution in [-0.2, 0) is 10.8 Å². The van der Waals surface area contributed by atoms with Crippen molar-refractivity contribution < 1.29 is 4.43 Å². The molecule has 0 aliphatic carbocycles. The lowest BCUT2D eigenvalue weighted by Crippen LogP contribution is -2.40. The van der Waals surface area contributed by atoms with Gasteiger partial charge in [0.25, 0.3) is 0 Å². The Hall–Kier alpha value is -1.11. The molecule has 0 amide bonds. The van der Waals surface area contributed by atoms with Crippen LogP contribution in [0.5, 0.6) is 0 Å². The van der Waals surface area contributed by atoms with E-state index in [1.54, 1.807) is 0 Å². The fraction of sp³-hybridized carbons (Fsp3) is 0.533. The molecule has 0 spiro atoms. The largest absolute Gasteiger partial charge is 0.401 e. The first kappa shape index (κ1) is 14.9. The Kier molecular flexibility index (Phi) is 6.10. The van der Waals surface area contributed by atoms with Gasteiger partial charge in [-0.2, -0.15) is 5.26 Å². The molecule has 1 aromatic carbocycles. The van der Waals surface area contributed by atoms with E-state index < -0.39 is 8.32 Å². The van der Waals surface area contributed by atoms with Crippen LogP contribution in [0.1, 0.15) is 26.3 Å². The highest BCUT2D eigenvalue weighted by Crippen LogP contribution is 2.24. The maximum absolute atomic E-state index is 9.28. The molecular weight excluding hydrogens is 238 g/mol. The normalized spacial score (nSPS) is 13.0. The van der Waals surface area contributed by atoms with Gasteiger partial charge in [0.2, 0.25) is 0 Å². The molecule has 0 aliphatic heterocycles. The van der Waals surface area contributed by atoms with Gasteiger partial charge in [-0.05, 0) is 23.7 Å². The number of rotatable bonds is 7. The summed E-state index contributed by atoms with van der Waals surface area (Å²) in [5.41, 5.74) is 1.18. The molecule has 1 unspecified atom stereocenters. The molecule has 0 aromatic heterocycles. The lowest BCUT2D eigenvalue weighted by molar-refractivity contribution is 0.239. The highest BCUT2D eigenvalue weighted by molar-refractivity contribution is 6.73. The number of benzene rings is 1. The van der Waals surface area contributed by atoms with Crippen LogP contribution in [0, 0.1) is 11.3 Å². The van der Waals surface area contributed by atoms with Crippen molar-refractivity contribution in [1.29, 1.82) is 5.26 Å². The van der Waals surface area contributed by atoms with Gasteiger partial charge >= 0.3 is 0 Å². The summed E-state index contributed by atoms with van der Waals surface area (Å²) in [6.07, 6.45) is 0.408. The van der Waals surface area contributed by atoms with Crippen LogP contribution in [0.2, 0.25) is 18.1 Å². The third-order valence-electron chi connectivity index (χ3n) is 3.73. The van der Waals surface area contributed by atoms with Gasteiger partial charge in [0.05, 0.1) is 6.07 Å². The standard InChI is InChI=1S/C15H23NOSi/c1-4-18(5-2,6-3)17-15(13-16)12-14-10-8-7-9-11-14/h7-11,15H,4-6,12H2,1-3H3. The van der Waals surface area contributed by atoms with Gasteiger partial charge in [0.15, 0.2) is 8.32 Å². The molecule has 3 heteroatoms. The summed E-state index contributed by atoms with van der Waals surface area (Å²) in [5, 5.41) is 9.28. The molecule has 0 bridgehead atoms. The highest BCUT2D eigenvalue weighted by atomic mass is 28.4. The molecule has 0 saturated carbocycles. The van der Waals surface area contributed by atoms with E-state index in [1.165, 1.54) is 5.56 Å². The Morgan fingerprint density at radius 3 is 2.11 bits per heavy atom. The molecular formula is C15H23NOSi. The smallest absolute Gasteiger partial charge is 0.193 e. The minimum Gasteiger partial charge on any atom is -0.401 e. The average Bonchev–Trinajstić information content (AvgIpc) is 2.45. The van der Waals surface area contributed by atoms with Crippen molar-refractivity contribution in [3.8, 4) is 6.07 Å². The van der Waals surface area contributed by atoms with Gasteiger partial charge < -0.3 is 4.43 Å². The quantitative estimate of drug-likeness (QED) is 0.691. The zero-order chi connectivity index (χ0) is 13.4. The second-order valence-electron chi connectivity index (χ2n) is 4.67. The van der Waals surface area contributed by atoms with E-state index in [0.717, 1.165) is 18.1 Å². The van der Waals surface area contributed by atoms with Crippen molar-refractivity contribution in [2.24, 2.45) is 0 Å². The van der Waals surface area contributed by atoms with Crippen LogP contribution in [-0.4, -0.2) is 14.4 Å². The minimum atomic E-state index is -1.68. The fourth-order valence-corrected chi connectivity index (χ4v) is 4.98. The molecule has 0 fully saturated rings. The van der Waals surface area contributed by atoms with Gasteiger partial charge in [-0.15, -0.1) is 0 Å². The molecule has 0 N–H and O–H groups in total. The van der Waals surface area contributed by atoms with Gasteiger partial charge in [-0.1, -0.05) is 51.1 Å². The van der Waals surface area contributed by atoms with Crippen LogP contribution >= 0.6 is 0 Å². The summed E-state index contributed by atoms with van der Waals surface area (Å²) >= 11 is 0. The number of nitriles is 1. The molecule has 1 atom stereocenters. The van der Waals surface area contributed by atoms with E-state index in [2.05, 4.69) is 39.0 Å². The topological polar surface area (TPSA) is 33.0 Å². The molecule has 0 saturated heterocycles. The second kappa shape index (κ2) is 7.35. The Bertz CT molecular complexity index is 373. The van der Waals surface area contributed by atoms with E-state index in [4.69, 9.17) is 4.43 Å². The minimum absolute atomic E-state index is 0.293. The monoisotopic (exact) mass is 261 g/mol. The van der Waals surface area contributed by atoms with Crippen LogP contribution in [0.3, 0.4) is 0 Å². The van der Waals surface area contributed by atoms with Crippen molar-refractivity contribution in [3.05, 3.63) is 35.9 Å². The first-order valence-electron chi connectivity index (χ1n) is 6.81. The Morgan fingerprint density at radius 1 is 1.11 bits per heavy atom. The predicted octanol–water partition coefficient (Wildman–Crippen LogP) is 4.14. The molecule has 2 nitrogen and oxygen atoms in total. The summed E-state index contributed by atoms with van der Waals surface area (Å²) in [6.45, 7) is 6.57. The zero-order valence-corrected chi connectivity index (χ0v) is 12.6. The first-order chi connectivity index (χ1) is 8.69. The third-order valence-corrected chi connectivity index (χ3v) is 8.38. The summed E-state index contributed by atoms with van der Waals surface area (Å²) < 4.78 is 6.22. The SMILES string of the molecule is CC[Si](CC)(CC)OC(C#N)Cc1ccccc1. The average molecular weight is 261 g/mol. The van der Waals surface area contributed by atoms with Crippen LogP contribution < -0.4 is 0 Å². The summed E-state index contributed by atoms with van der Waals surface area (Å²) in [4.78, 5) is 0. The number of hydrogen-bond acceptors (Lipinski definition) is 2. The van der Waals surface area contributed by atoms with E-state index in [9.17, 15) is 5.26 Å². The summed E-state index contributed by atoms with van der Waals surface area (Å²) in [5.74, 6) is 0. The predicted molar refractivity (Wildman–Crippen MR) is 77.8 cm³/mol. The lowest BCUT2D eigenvalue weighted by Gasteiger charge is -2.30. The maximum atomic E-state index is 9.28. The summed E-state index contributed by atoms with van der Waals surface area (Å²) in [6, 6.07) is 15.7. The van der Waals surface area contributed by atoms with Crippen LogP contribution in [0.15, 0.2) is 30.3 Å². The van der Waals surface area contributed by atoms with Gasteiger partial charge in [0, 0.05) is 6.42 Å². The van der Waals surface area contributed by atoms with Crippen LogP contribution in [0.25, 0.3) is 0 Å². The first-order valence-corrected chi connectivity index (χ1v) is 9.34. The summed E-state index contributed by atoms with van der Waals surface area (Å²) in [7, 11) is -1.68. The third kappa shape index (κ3) is 3.97. The van der Waals surface area contributed by atoms with E-state index in [1.807, 2.05) is 18.2 Å². The lowest BCUT2D eigenvalue weighted by atomic mass is 10.1. The second-order valence-corrected chi connectivity index (χ2v) is 9.39. The van der Waals surface area contributed by atoms with Crippen molar-refractivity contribution in [1.82, 2.24) is 0 Å². The Balaban J connectivity index is 2.71. The van der Waals surface area contributed by atoms with Crippen molar-refractivity contribution in [2.45, 2.75) is 51.4 Å². The molecule has 1 rings (SSSR count). The number of nitrogens with zero attached hydrogens (tertiary/aromatic N) is 1. The molecule has 0 heterocycles. The van der Waals surface area contributed by atoms with Gasteiger partial charge in [-0.25, -0.2) is 0 Å². The van der Waals surface area contributed by atoms with Crippen molar-refractivity contribution >= 4 is 8.32 Å². The van der Waals surface area contributed by atoms with E-state index in [-0.39, 0.29) is 6.10 Å². The van der Waals surface area contributed by atoms with Crippen molar-refractivity contribution in [3.63, 3.8) is 0 Å². The highest BCUT2D eigenvalue weighted by Gasteiger charge is 2.32. The number of hydrogen-bond donors (Lipinski definition) is 0. The van der Waals surface area contributed by atoms with E-state index >= 15 is 0 Å². The molecule has 18 heavy (non-hydrogen) atoms. The van der Waals surface area contributed by atoms with Crippen LogP contribution in [0.4, 0.5) is 0 Å². The fourth-order valence-electron chi connectivity index (χ4n) is 2.24.